The molecule has 0 saturated heterocycles. The van der Waals surface area contributed by atoms with Gasteiger partial charge >= 0.3 is 0 Å². The van der Waals surface area contributed by atoms with Gasteiger partial charge < -0.3 is 0 Å². The molecule has 0 heterocycles. The topological polar surface area (TPSA) is 35.8 Å². The van der Waals surface area contributed by atoms with E-state index in [2.05, 4.69) is 35.5 Å². The molecule has 1 aromatic carbocycles. The highest BCUT2D eigenvalue weighted by Crippen LogP contribution is 2.36. The van der Waals surface area contributed by atoms with E-state index in [1.165, 1.54) is 11.1 Å². The number of nitriles is 1. The van der Waals surface area contributed by atoms with Crippen LogP contribution in [0.15, 0.2) is 18.2 Å². The fraction of sp³-hybridized carbons (Fsp3) is 0.357. The van der Waals surface area contributed by atoms with Crippen molar-refractivity contribution in [2.24, 2.45) is 0 Å². The number of hydrogen-bond acceptors (Lipinski definition) is 2. The third-order valence-corrected chi connectivity index (χ3v) is 3.18. The fourth-order valence-electron chi connectivity index (χ4n) is 2.30. The largest absolute Gasteiger partial charge is 0.285 e. The highest BCUT2D eigenvalue weighted by atomic mass is 15.0. The van der Waals surface area contributed by atoms with Gasteiger partial charge in [0, 0.05) is 0 Å². The van der Waals surface area contributed by atoms with E-state index in [4.69, 9.17) is 6.42 Å². The molecule has 1 aliphatic carbocycles. The molecule has 0 radical (unpaired) electrons. The number of nitrogens with one attached hydrogen (secondary N) is 1. The smallest absolute Gasteiger partial charge is 0.133 e. The van der Waals surface area contributed by atoms with E-state index in [0.29, 0.717) is 6.54 Å². The van der Waals surface area contributed by atoms with Crippen LogP contribution < -0.4 is 5.32 Å². The Morgan fingerprint density at radius 1 is 1.56 bits per heavy atom. The number of rotatable bonds is 2. The van der Waals surface area contributed by atoms with Gasteiger partial charge in [-0.3, -0.25) is 5.32 Å². The molecule has 0 fully saturated rings. The Morgan fingerprint density at radius 3 is 3.06 bits per heavy atom. The minimum Gasteiger partial charge on any atom is -0.285 e. The first kappa shape index (κ1) is 10.7. The van der Waals surface area contributed by atoms with Crippen molar-refractivity contribution in [1.82, 2.24) is 5.32 Å². The van der Waals surface area contributed by atoms with Crippen LogP contribution in [0.4, 0.5) is 0 Å². The summed E-state index contributed by atoms with van der Waals surface area (Å²) in [5.41, 5.74) is 2.97. The van der Waals surface area contributed by atoms with E-state index in [-0.39, 0.29) is 0 Å². The molecule has 2 heteroatoms. The molecule has 2 rings (SSSR count). The van der Waals surface area contributed by atoms with Crippen LogP contribution in [0.1, 0.15) is 23.1 Å². The van der Waals surface area contributed by atoms with Crippen LogP contribution >= 0.6 is 0 Å². The summed E-state index contributed by atoms with van der Waals surface area (Å²) in [7, 11) is 0. The van der Waals surface area contributed by atoms with Gasteiger partial charge in [0.1, 0.15) is 5.54 Å². The summed E-state index contributed by atoms with van der Waals surface area (Å²) < 4.78 is 0. The van der Waals surface area contributed by atoms with Gasteiger partial charge in [0.15, 0.2) is 0 Å². The summed E-state index contributed by atoms with van der Waals surface area (Å²) in [5.74, 6) is 2.54. The molecule has 0 bridgehead atoms. The number of nitrogens with zero attached hydrogens (tertiary/aromatic N) is 1. The van der Waals surface area contributed by atoms with Crippen molar-refractivity contribution in [3.8, 4) is 18.4 Å². The molecule has 0 aliphatic heterocycles. The van der Waals surface area contributed by atoms with Crippen LogP contribution in [-0.4, -0.2) is 6.54 Å². The predicted molar refractivity (Wildman–Crippen MR) is 63.6 cm³/mol. The van der Waals surface area contributed by atoms with Crippen molar-refractivity contribution in [2.45, 2.75) is 25.3 Å². The van der Waals surface area contributed by atoms with Crippen molar-refractivity contribution in [1.29, 1.82) is 5.26 Å². The standard InChI is InChI=1S/C14H14N2/c1-3-8-16-14(10-15)7-6-12-5-4-11(2)9-13(12)14/h1,4-5,9,16H,6-8H2,2H3. The summed E-state index contributed by atoms with van der Waals surface area (Å²) in [6, 6.07) is 8.68. The maximum atomic E-state index is 9.40. The lowest BCUT2D eigenvalue weighted by Crippen LogP contribution is -2.39. The molecule has 0 amide bonds. The van der Waals surface area contributed by atoms with E-state index in [9.17, 15) is 5.26 Å². The maximum absolute atomic E-state index is 9.40. The van der Waals surface area contributed by atoms with Gasteiger partial charge in [-0.25, -0.2) is 0 Å². The van der Waals surface area contributed by atoms with E-state index >= 15 is 0 Å². The molecule has 1 unspecified atom stereocenters. The first-order chi connectivity index (χ1) is 7.72. The highest BCUT2D eigenvalue weighted by molar-refractivity contribution is 5.45. The summed E-state index contributed by atoms with van der Waals surface area (Å²) >= 11 is 0. The average molecular weight is 210 g/mol. The second-order valence-corrected chi connectivity index (χ2v) is 4.24. The van der Waals surface area contributed by atoms with Crippen molar-refractivity contribution >= 4 is 0 Å². The molecule has 0 saturated carbocycles. The van der Waals surface area contributed by atoms with Crippen LogP contribution in [0.2, 0.25) is 0 Å². The van der Waals surface area contributed by atoms with Gasteiger partial charge in [0.25, 0.3) is 0 Å². The van der Waals surface area contributed by atoms with Gasteiger partial charge in [-0.05, 0) is 30.9 Å². The lowest BCUT2D eigenvalue weighted by Gasteiger charge is -2.23. The third kappa shape index (κ3) is 1.58. The van der Waals surface area contributed by atoms with Crippen molar-refractivity contribution in [3.05, 3.63) is 34.9 Å². The van der Waals surface area contributed by atoms with Crippen molar-refractivity contribution in [2.75, 3.05) is 6.54 Å². The zero-order valence-corrected chi connectivity index (χ0v) is 9.38. The van der Waals surface area contributed by atoms with Gasteiger partial charge in [-0.15, -0.1) is 6.42 Å². The Hall–Kier alpha value is -1.77. The Morgan fingerprint density at radius 2 is 2.38 bits per heavy atom. The Balaban J connectivity index is 2.44. The lowest BCUT2D eigenvalue weighted by atomic mass is 9.92. The molecule has 16 heavy (non-hydrogen) atoms. The second kappa shape index (κ2) is 4.00. The fourth-order valence-corrected chi connectivity index (χ4v) is 2.30. The minimum atomic E-state index is -0.576. The molecule has 1 N–H and O–H groups in total. The molecule has 80 valence electrons. The Kier molecular flexibility index (Phi) is 2.69. The van der Waals surface area contributed by atoms with Gasteiger partial charge in [-0.2, -0.15) is 5.26 Å². The monoisotopic (exact) mass is 210 g/mol. The van der Waals surface area contributed by atoms with Crippen molar-refractivity contribution in [3.63, 3.8) is 0 Å². The molecule has 1 aromatic rings. The normalized spacial score (nSPS) is 22.2. The molecule has 0 spiro atoms. The zero-order valence-electron chi connectivity index (χ0n) is 9.38. The lowest BCUT2D eigenvalue weighted by molar-refractivity contribution is 0.450. The first-order valence-corrected chi connectivity index (χ1v) is 5.41. The third-order valence-electron chi connectivity index (χ3n) is 3.18. The van der Waals surface area contributed by atoms with E-state index in [1.807, 2.05) is 6.92 Å². The van der Waals surface area contributed by atoms with Crippen LogP contribution in [0, 0.1) is 30.6 Å². The second-order valence-electron chi connectivity index (χ2n) is 4.24. The van der Waals surface area contributed by atoms with Gasteiger partial charge in [0.2, 0.25) is 0 Å². The predicted octanol–water partition coefficient (Wildman–Crippen LogP) is 1.88. The number of hydrogen-bond donors (Lipinski definition) is 1. The zero-order chi connectivity index (χ0) is 11.6. The SMILES string of the molecule is C#CCNC1(C#N)CCc2ccc(C)cc21. The van der Waals surface area contributed by atoms with Crippen LogP contribution in [-0.2, 0) is 12.0 Å². The first-order valence-electron chi connectivity index (χ1n) is 5.41. The molecule has 1 aliphatic rings. The van der Waals surface area contributed by atoms with Gasteiger partial charge in [-0.1, -0.05) is 29.7 Å². The summed E-state index contributed by atoms with van der Waals surface area (Å²) in [5, 5.41) is 12.6. The Labute approximate surface area is 96.3 Å². The van der Waals surface area contributed by atoms with E-state index in [0.717, 1.165) is 18.4 Å². The quantitative estimate of drug-likeness (QED) is 0.756. The van der Waals surface area contributed by atoms with Crippen LogP contribution in [0.25, 0.3) is 0 Å². The maximum Gasteiger partial charge on any atom is 0.133 e. The van der Waals surface area contributed by atoms with E-state index < -0.39 is 5.54 Å². The van der Waals surface area contributed by atoms with Crippen LogP contribution in [0.5, 0.6) is 0 Å². The number of fused-ring (bicyclic) bond motifs is 1. The molecule has 2 nitrogen and oxygen atoms in total. The van der Waals surface area contributed by atoms with E-state index in [1.54, 1.807) is 0 Å². The molecular formula is C14H14N2. The van der Waals surface area contributed by atoms with Crippen LogP contribution in [0.3, 0.4) is 0 Å². The Bertz CT molecular complexity index is 490. The average Bonchev–Trinajstić information content (AvgIpc) is 2.66. The molecular weight excluding hydrogens is 196 g/mol. The summed E-state index contributed by atoms with van der Waals surface area (Å²) in [4.78, 5) is 0. The van der Waals surface area contributed by atoms with Crippen molar-refractivity contribution < 1.29 is 0 Å². The summed E-state index contributed by atoms with van der Waals surface area (Å²) in [6.07, 6.45) is 7.00. The number of benzene rings is 1. The molecule has 1 atom stereocenters. The number of aryl methyl sites for hydroxylation is 2. The highest BCUT2D eigenvalue weighted by Gasteiger charge is 2.38. The molecule has 0 aromatic heterocycles. The minimum absolute atomic E-state index is 0.431. The van der Waals surface area contributed by atoms with Gasteiger partial charge in [0.05, 0.1) is 12.6 Å². The number of terminal acetylenes is 1. The summed E-state index contributed by atoms with van der Waals surface area (Å²) in [6.45, 7) is 2.48.